The highest BCUT2D eigenvalue weighted by molar-refractivity contribution is 7.54. The van der Waals surface area contributed by atoms with Crippen molar-refractivity contribution in [3.63, 3.8) is 0 Å². The SMILES string of the molecule is CCCOC(=O)C[P+](=O)c1ccccc1OCCC. The third kappa shape index (κ3) is 5.39. The van der Waals surface area contributed by atoms with Crippen LogP contribution < -0.4 is 10.0 Å². The second-order valence-electron chi connectivity index (χ2n) is 4.07. The van der Waals surface area contributed by atoms with Crippen LogP contribution in [0, 0.1) is 0 Å². The molecule has 0 N–H and O–H groups in total. The van der Waals surface area contributed by atoms with Crippen molar-refractivity contribution in [2.45, 2.75) is 26.7 Å². The number of carbonyl (C=O) groups excluding carboxylic acids is 1. The van der Waals surface area contributed by atoms with Gasteiger partial charge in [0.15, 0.2) is 5.75 Å². The van der Waals surface area contributed by atoms with Crippen LogP contribution in [0.1, 0.15) is 26.7 Å². The van der Waals surface area contributed by atoms with E-state index in [1.165, 1.54) is 0 Å². The smallest absolute Gasteiger partial charge is 0.392 e. The van der Waals surface area contributed by atoms with Gasteiger partial charge in [0.1, 0.15) is 0 Å². The van der Waals surface area contributed by atoms with E-state index < -0.39 is 13.8 Å². The summed E-state index contributed by atoms with van der Waals surface area (Å²) in [4.78, 5) is 11.5. The van der Waals surface area contributed by atoms with Crippen molar-refractivity contribution < 1.29 is 18.8 Å². The van der Waals surface area contributed by atoms with Crippen molar-refractivity contribution in [1.82, 2.24) is 0 Å². The number of carbonyl (C=O) groups is 1. The monoisotopic (exact) mass is 283 g/mol. The molecule has 0 heterocycles. The van der Waals surface area contributed by atoms with Crippen molar-refractivity contribution in [3.8, 4) is 5.75 Å². The zero-order valence-corrected chi connectivity index (χ0v) is 12.3. The Morgan fingerprint density at radius 2 is 1.84 bits per heavy atom. The molecule has 1 unspecified atom stereocenters. The number of para-hydroxylation sites is 1. The molecule has 0 fully saturated rings. The van der Waals surface area contributed by atoms with Gasteiger partial charge in [-0.2, -0.15) is 0 Å². The van der Waals surface area contributed by atoms with Gasteiger partial charge < -0.3 is 9.47 Å². The largest absolute Gasteiger partial charge is 0.489 e. The molecular weight excluding hydrogens is 263 g/mol. The summed E-state index contributed by atoms with van der Waals surface area (Å²) in [5.74, 6) is 0.169. The van der Waals surface area contributed by atoms with Gasteiger partial charge in [0.2, 0.25) is 11.5 Å². The molecule has 5 heteroatoms. The van der Waals surface area contributed by atoms with Crippen LogP contribution in [-0.2, 0) is 14.1 Å². The van der Waals surface area contributed by atoms with E-state index in [4.69, 9.17) is 9.47 Å². The van der Waals surface area contributed by atoms with Gasteiger partial charge in [-0.1, -0.05) is 30.5 Å². The number of esters is 1. The Kier molecular flexibility index (Phi) is 7.12. The average Bonchev–Trinajstić information content (AvgIpc) is 2.43. The van der Waals surface area contributed by atoms with Crippen LogP contribution in [0.25, 0.3) is 0 Å². The van der Waals surface area contributed by atoms with Crippen LogP contribution in [0.5, 0.6) is 5.75 Å². The molecular formula is C14H20O4P+. The van der Waals surface area contributed by atoms with Crippen LogP contribution in [0.15, 0.2) is 24.3 Å². The van der Waals surface area contributed by atoms with Crippen molar-refractivity contribution in [2.24, 2.45) is 0 Å². The van der Waals surface area contributed by atoms with Crippen LogP contribution in [-0.4, -0.2) is 25.3 Å². The van der Waals surface area contributed by atoms with Crippen LogP contribution in [0.4, 0.5) is 0 Å². The first kappa shape index (κ1) is 15.6. The molecule has 104 valence electrons. The van der Waals surface area contributed by atoms with Crippen molar-refractivity contribution in [3.05, 3.63) is 24.3 Å². The molecule has 4 nitrogen and oxygen atoms in total. The molecule has 0 saturated heterocycles. The number of hydrogen-bond acceptors (Lipinski definition) is 4. The molecule has 0 saturated carbocycles. The molecule has 0 amide bonds. The molecule has 1 aromatic rings. The highest BCUT2D eigenvalue weighted by atomic mass is 31.1. The number of ether oxygens (including phenoxy) is 2. The predicted molar refractivity (Wildman–Crippen MR) is 75.6 cm³/mol. The third-order valence-corrected chi connectivity index (χ3v) is 3.79. The Bertz CT molecular complexity index is 431. The van der Waals surface area contributed by atoms with Crippen molar-refractivity contribution in [1.29, 1.82) is 0 Å². The summed E-state index contributed by atoms with van der Waals surface area (Å²) < 4.78 is 22.6. The first-order valence-corrected chi connectivity index (χ1v) is 7.95. The summed E-state index contributed by atoms with van der Waals surface area (Å²) >= 11 is 0. The average molecular weight is 283 g/mol. The third-order valence-electron chi connectivity index (χ3n) is 2.34. The molecule has 0 aliphatic rings. The van der Waals surface area contributed by atoms with Crippen LogP contribution in [0.2, 0.25) is 0 Å². The van der Waals surface area contributed by atoms with Gasteiger partial charge in [0.25, 0.3) is 0 Å². The van der Waals surface area contributed by atoms with E-state index in [0.29, 0.717) is 24.3 Å². The van der Waals surface area contributed by atoms with Gasteiger partial charge in [-0.25, -0.2) is 4.79 Å². The summed E-state index contributed by atoms with van der Waals surface area (Å²) in [6.45, 7) is 4.86. The van der Waals surface area contributed by atoms with E-state index in [1.54, 1.807) is 18.2 Å². The minimum Gasteiger partial charge on any atom is -0.489 e. The molecule has 1 aromatic carbocycles. The standard InChI is InChI=1S/C14H20O4P/c1-3-9-17-12-7-5-6-8-13(12)19(16)11-14(15)18-10-4-2/h5-8H,3-4,9-11H2,1-2H3/q+1. The van der Waals surface area contributed by atoms with Crippen molar-refractivity contribution in [2.75, 3.05) is 19.4 Å². The zero-order valence-electron chi connectivity index (χ0n) is 11.4. The lowest BCUT2D eigenvalue weighted by atomic mass is 10.3. The molecule has 0 aliphatic heterocycles. The van der Waals surface area contributed by atoms with Crippen molar-refractivity contribution >= 4 is 19.1 Å². The van der Waals surface area contributed by atoms with Gasteiger partial charge >= 0.3 is 13.8 Å². The Hall–Kier alpha value is -1.41. The topological polar surface area (TPSA) is 52.6 Å². The number of rotatable bonds is 8. The fourth-order valence-electron chi connectivity index (χ4n) is 1.46. The molecule has 1 rings (SSSR count). The maximum absolute atomic E-state index is 12.2. The summed E-state index contributed by atoms with van der Waals surface area (Å²) in [7, 11) is -1.82. The second-order valence-corrected chi connectivity index (χ2v) is 5.63. The van der Waals surface area contributed by atoms with Gasteiger partial charge in [-0.3, -0.25) is 0 Å². The van der Waals surface area contributed by atoms with E-state index in [0.717, 1.165) is 12.8 Å². The molecule has 19 heavy (non-hydrogen) atoms. The minimum atomic E-state index is -1.82. The molecule has 0 aliphatic carbocycles. The Morgan fingerprint density at radius 3 is 2.53 bits per heavy atom. The predicted octanol–water partition coefficient (Wildman–Crippen LogP) is 2.88. The number of benzene rings is 1. The quantitative estimate of drug-likeness (QED) is 0.544. The normalized spacial score (nSPS) is 10.9. The Balaban J connectivity index is 2.67. The lowest BCUT2D eigenvalue weighted by molar-refractivity contribution is -0.140. The Labute approximate surface area is 114 Å². The summed E-state index contributed by atoms with van der Waals surface area (Å²) in [5.41, 5.74) is 0. The molecule has 0 radical (unpaired) electrons. The van der Waals surface area contributed by atoms with E-state index in [9.17, 15) is 9.36 Å². The summed E-state index contributed by atoms with van der Waals surface area (Å²) in [6, 6.07) is 7.12. The maximum Gasteiger partial charge on any atom is 0.392 e. The van der Waals surface area contributed by atoms with Gasteiger partial charge in [0.05, 0.1) is 13.2 Å². The van der Waals surface area contributed by atoms with Gasteiger partial charge in [0, 0.05) is 0 Å². The maximum atomic E-state index is 12.2. The van der Waals surface area contributed by atoms with Gasteiger partial charge in [-0.05, 0) is 25.0 Å². The lowest BCUT2D eigenvalue weighted by Crippen LogP contribution is -2.13. The molecule has 0 aromatic heterocycles. The van der Waals surface area contributed by atoms with Crippen LogP contribution >= 0.6 is 7.80 Å². The highest BCUT2D eigenvalue weighted by Crippen LogP contribution is 2.26. The van der Waals surface area contributed by atoms with Gasteiger partial charge in [-0.15, -0.1) is 0 Å². The van der Waals surface area contributed by atoms with E-state index in [1.807, 2.05) is 19.9 Å². The lowest BCUT2D eigenvalue weighted by Gasteiger charge is -2.04. The molecule has 0 spiro atoms. The zero-order chi connectivity index (χ0) is 14.1. The minimum absolute atomic E-state index is 0.0954. The Morgan fingerprint density at radius 1 is 1.16 bits per heavy atom. The van der Waals surface area contributed by atoms with E-state index >= 15 is 0 Å². The highest BCUT2D eigenvalue weighted by Gasteiger charge is 2.28. The first-order valence-electron chi connectivity index (χ1n) is 6.51. The van der Waals surface area contributed by atoms with E-state index in [-0.39, 0.29) is 6.16 Å². The summed E-state index contributed by atoms with van der Waals surface area (Å²) in [6.07, 6.45) is 1.55. The fourth-order valence-corrected chi connectivity index (χ4v) is 2.59. The molecule has 1 atom stereocenters. The number of hydrogen-bond donors (Lipinski definition) is 0. The fraction of sp³-hybridized carbons (Fsp3) is 0.500. The van der Waals surface area contributed by atoms with E-state index in [2.05, 4.69) is 0 Å². The summed E-state index contributed by atoms with van der Waals surface area (Å²) in [5, 5.41) is 0.583. The van der Waals surface area contributed by atoms with Crippen LogP contribution in [0.3, 0.4) is 0 Å². The second kappa shape index (κ2) is 8.65. The first-order chi connectivity index (χ1) is 9.19. The molecule has 0 bridgehead atoms.